The summed E-state index contributed by atoms with van der Waals surface area (Å²) >= 11 is 1.17. The Morgan fingerprint density at radius 3 is 2.67 bits per heavy atom. The van der Waals surface area contributed by atoms with Crippen molar-refractivity contribution in [2.24, 2.45) is 11.8 Å². The van der Waals surface area contributed by atoms with Crippen LogP contribution >= 0.6 is 11.3 Å². The molecule has 0 spiro atoms. The Balaban J connectivity index is 1.90. The van der Waals surface area contributed by atoms with Crippen molar-refractivity contribution in [1.29, 1.82) is 0 Å². The minimum atomic E-state index is -1.01. The SMILES string of the molecule is CCOC(=O)c1c(-c2ccco2)csc1NC(=O)[C@@H]1CC=CC[C@H]1C(=O)O. The van der Waals surface area contributed by atoms with Crippen molar-refractivity contribution in [3.05, 3.63) is 41.5 Å². The lowest BCUT2D eigenvalue weighted by molar-refractivity contribution is -0.146. The number of carboxylic acids is 1. The molecule has 0 unspecified atom stereocenters. The molecule has 8 heteroatoms. The molecule has 1 aliphatic rings. The number of anilines is 1. The van der Waals surface area contributed by atoms with Gasteiger partial charge in [-0.25, -0.2) is 4.79 Å². The van der Waals surface area contributed by atoms with E-state index in [2.05, 4.69) is 5.32 Å². The predicted octanol–water partition coefficient (Wildman–Crippen LogP) is 3.79. The zero-order valence-corrected chi connectivity index (χ0v) is 15.5. The molecule has 7 nitrogen and oxygen atoms in total. The number of furan rings is 1. The van der Waals surface area contributed by atoms with Crippen molar-refractivity contribution in [2.75, 3.05) is 11.9 Å². The van der Waals surface area contributed by atoms with Crippen LogP contribution in [0, 0.1) is 11.8 Å². The Hall–Kier alpha value is -2.87. The molecule has 2 aromatic heterocycles. The monoisotopic (exact) mass is 389 g/mol. The molecule has 27 heavy (non-hydrogen) atoms. The van der Waals surface area contributed by atoms with Crippen LogP contribution in [0.15, 0.2) is 40.3 Å². The highest BCUT2D eigenvalue weighted by atomic mass is 32.1. The third-order valence-electron chi connectivity index (χ3n) is 4.38. The number of thiophene rings is 1. The van der Waals surface area contributed by atoms with Gasteiger partial charge in [-0.3, -0.25) is 9.59 Å². The summed E-state index contributed by atoms with van der Waals surface area (Å²) in [6, 6.07) is 3.41. The molecule has 0 aromatic carbocycles. The summed E-state index contributed by atoms with van der Waals surface area (Å²) in [5.41, 5.74) is 0.737. The van der Waals surface area contributed by atoms with E-state index in [0.29, 0.717) is 29.2 Å². The number of hydrogen-bond donors (Lipinski definition) is 2. The molecule has 2 N–H and O–H groups in total. The molecule has 0 aliphatic heterocycles. The average Bonchev–Trinajstić information content (AvgIpc) is 3.31. The lowest BCUT2D eigenvalue weighted by Gasteiger charge is -2.24. The van der Waals surface area contributed by atoms with Crippen LogP contribution in [-0.2, 0) is 14.3 Å². The third kappa shape index (κ3) is 3.95. The quantitative estimate of drug-likeness (QED) is 0.575. The van der Waals surface area contributed by atoms with Crippen LogP contribution in [0.4, 0.5) is 5.00 Å². The third-order valence-corrected chi connectivity index (χ3v) is 5.28. The van der Waals surface area contributed by atoms with Crippen LogP contribution in [0.25, 0.3) is 11.3 Å². The molecule has 1 aliphatic carbocycles. The second kappa shape index (κ2) is 8.22. The summed E-state index contributed by atoms with van der Waals surface area (Å²) in [6.07, 6.45) is 5.71. The van der Waals surface area contributed by atoms with Crippen molar-refractivity contribution in [2.45, 2.75) is 19.8 Å². The fourth-order valence-corrected chi connectivity index (χ4v) is 3.99. The zero-order valence-electron chi connectivity index (χ0n) is 14.6. The van der Waals surface area contributed by atoms with Gasteiger partial charge < -0.3 is 19.6 Å². The molecule has 1 amide bonds. The molecule has 0 saturated heterocycles. The lowest BCUT2D eigenvalue weighted by atomic mass is 9.82. The highest BCUT2D eigenvalue weighted by Gasteiger charge is 2.35. The molecular formula is C19H19NO6S. The van der Waals surface area contributed by atoms with E-state index in [0.717, 1.165) is 0 Å². The van der Waals surface area contributed by atoms with Crippen LogP contribution in [0.5, 0.6) is 0 Å². The Kier molecular flexibility index (Phi) is 5.75. The van der Waals surface area contributed by atoms with Crippen LogP contribution in [0.2, 0.25) is 0 Å². The normalized spacial score (nSPS) is 18.9. The van der Waals surface area contributed by atoms with E-state index in [9.17, 15) is 19.5 Å². The van der Waals surface area contributed by atoms with E-state index >= 15 is 0 Å². The summed E-state index contributed by atoms with van der Waals surface area (Å²) in [4.78, 5) is 36.6. The van der Waals surface area contributed by atoms with E-state index < -0.39 is 29.7 Å². The maximum Gasteiger partial charge on any atom is 0.341 e. The fourth-order valence-electron chi connectivity index (χ4n) is 3.05. The number of aliphatic carboxylic acids is 1. The first-order valence-electron chi connectivity index (χ1n) is 8.54. The highest BCUT2D eigenvalue weighted by molar-refractivity contribution is 7.15. The van der Waals surface area contributed by atoms with E-state index in [1.54, 1.807) is 36.6 Å². The Bertz CT molecular complexity index is 867. The van der Waals surface area contributed by atoms with Gasteiger partial charge in [0, 0.05) is 10.9 Å². The summed E-state index contributed by atoms with van der Waals surface area (Å²) < 4.78 is 10.5. The first-order valence-corrected chi connectivity index (χ1v) is 9.42. The van der Waals surface area contributed by atoms with Gasteiger partial charge in [-0.2, -0.15) is 0 Å². The van der Waals surface area contributed by atoms with Crippen molar-refractivity contribution in [3.8, 4) is 11.3 Å². The van der Waals surface area contributed by atoms with Gasteiger partial charge in [-0.1, -0.05) is 12.2 Å². The number of carboxylic acid groups (broad SMARTS) is 1. The molecule has 3 rings (SSSR count). The first kappa shape index (κ1) is 18.9. The zero-order chi connectivity index (χ0) is 19.4. The lowest BCUT2D eigenvalue weighted by Crippen LogP contribution is -2.34. The Morgan fingerprint density at radius 1 is 1.30 bits per heavy atom. The summed E-state index contributed by atoms with van der Waals surface area (Å²) in [7, 11) is 0. The van der Waals surface area contributed by atoms with E-state index in [-0.39, 0.29) is 12.2 Å². The maximum absolute atomic E-state index is 12.7. The minimum Gasteiger partial charge on any atom is -0.481 e. The molecule has 0 radical (unpaired) electrons. The second-order valence-electron chi connectivity index (χ2n) is 6.03. The molecule has 2 heterocycles. The van der Waals surface area contributed by atoms with Crippen LogP contribution in [0.1, 0.15) is 30.1 Å². The summed E-state index contributed by atoms with van der Waals surface area (Å²) in [6.45, 7) is 1.88. The van der Waals surface area contributed by atoms with Crippen molar-refractivity contribution < 1.29 is 28.6 Å². The number of ether oxygens (including phenoxy) is 1. The van der Waals surface area contributed by atoms with Crippen molar-refractivity contribution in [1.82, 2.24) is 0 Å². The van der Waals surface area contributed by atoms with Gasteiger partial charge in [-0.05, 0) is 31.9 Å². The molecule has 142 valence electrons. The number of rotatable bonds is 6. The van der Waals surface area contributed by atoms with Gasteiger partial charge in [0.25, 0.3) is 0 Å². The van der Waals surface area contributed by atoms with Crippen molar-refractivity contribution >= 4 is 34.2 Å². The molecule has 0 fully saturated rings. The van der Waals surface area contributed by atoms with Gasteiger partial charge >= 0.3 is 11.9 Å². The average molecular weight is 389 g/mol. The van der Waals surface area contributed by atoms with Gasteiger partial charge in [0.1, 0.15) is 16.3 Å². The fraction of sp³-hybridized carbons (Fsp3) is 0.316. The van der Waals surface area contributed by atoms with Crippen LogP contribution < -0.4 is 5.32 Å². The number of hydrogen-bond acceptors (Lipinski definition) is 6. The van der Waals surface area contributed by atoms with Gasteiger partial charge in [0.2, 0.25) is 5.91 Å². The minimum absolute atomic E-state index is 0.189. The second-order valence-corrected chi connectivity index (χ2v) is 6.91. The number of nitrogens with one attached hydrogen (secondary N) is 1. The van der Waals surface area contributed by atoms with Crippen LogP contribution in [-0.4, -0.2) is 29.6 Å². The molecule has 0 bridgehead atoms. The number of carbonyl (C=O) groups is 3. The van der Waals surface area contributed by atoms with Crippen LogP contribution in [0.3, 0.4) is 0 Å². The molecule has 2 aromatic rings. The number of amides is 1. The van der Waals surface area contributed by atoms with Gasteiger partial charge in [0.15, 0.2) is 0 Å². The Morgan fingerprint density at radius 2 is 2.04 bits per heavy atom. The molecule has 2 atom stereocenters. The summed E-state index contributed by atoms with van der Waals surface area (Å²) in [5.74, 6) is -3.00. The summed E-state index contributed by atoms with van der Waals surface area (Å²) in [5, 5.41) is 14.1. The largest absolute Gasteiger partial charge is 0.481 e. The van der Waals surface area contributed by atoms with E-state index in [1.165, 1.54) is 17.6 Å². The predicted molar refractivity (Wildman–Crippen MR) is 99.6 cm³/mol. The first-order chi connectivity index (χ1) is 13.0. The molecular weight excluding hydrogens is 370 g/mol. The van der Waals surface area contributed by atoms with Crippen molar-refractivity contribution in [3.63, 3.8) is 0 Å². The maximum atomic E-state index is 12.7. The van der Waals surface area contributed by atoms with Gasteiger partial charge in [0.05, 0.1) is 24.7 Å². The Labute approximate surface area is 159 Å². The smallest absolute Gasteiger partial charge is 0.341 e. The standard InChI is InChI=1S/C19H19NO6S/c1-2-25-19(24)15-13(14-8-5-9-26-14)10-27-17(15)20-16(21)11-6-3-4-7-12(11)18(22)23/h3-5,8-12H,2,6-7H2,1H3,(H,20,21)(H,22,23)/t11-,12-/m1/s1. The topological polar surface area (TPSA) is 106 Å². The highest BCUT2D eigenvalue weighted by Crippen LogP contribution is 2.37. The number of esters is 1. The van der Waals surface area contributed by atoms with Gasteiger partial charge in [-0.15, -0.1) is 11.3 Å². The van der Waals surface area contributed by atoms with E-state index in [4.69, 9.17) is 9.15 Å². The number of allylic oxidation sites excluding steroid dienone is 2. The number of carbonyl (C=O) groups excluding carboxylic acids is 2. The van der Waals surface area contributed by atoms with E-state index in [1.807, 2.05) is 0 Å². The molecule has 0 saturated carbocycles.